The molecule has 0 spiro atoms. The van der Waals surface area contributed by atoms with Gasteiger partial charge >= 0.3 is 0 Å². The minimum atomic E-state index is -0.263. The van der Waals surface area contributed by atoms with Crippen molar-refractivity contribution in [3.63, 3.8) is 0 Å². The minimum absolute atomic E-state index is 0.263. The summed E-state index contributed by atoms with van der Waals surface area (Å²) < 4.78 is 17.7. The molecule has 0 aliphatic carbocycles. The standard InChI is InChI=1S/C16H21FN2O/c1-13-16(20-12-15-7-9-18-15)10-14(11-19-13)6-4-2-3-5-8-17/h10-11,15,18H,2-3,5,7-9,12H2,1H3/t15-/m0/s1. The maximum atomic E-state index is 11.9. The SMILES string of the molecule is Cc1ncc(C#CCCCCF)cc1OC[C@@H]1CCN1. The van der Waals surface area contributed by atoms with Gasteiger partial charge in [-0.2, -0.15) is 0 Å². The fraction of sp³-hybridized carbons (Fsp3) is 0.562. The third-order valence-electron chi connectivity index (χ3n) is 3.32. The van der Waals surface area contributed by atoms with E-state index in [0.29, 0.717) is 19.1 Å². The first-order valence-corrected chi connectivity index (χ1v) is 7.17. The zero-order valence-corrected chi connectivity index (χ0v) is 11.9. The normalized spacial score (nSPS) is 17.0. The molecule has 1 aliphatic heterocycles. The molecule has 108 valence electrons. The van der Waals surface area contributed by atoms with Gasteiger partial charge in [-0.05, 0) is 38.8 Å². The van der Waals surface area contributed by atoms with Crippen molar-refractivity contribution in [3.8, 4) is 17.6 Å². The highest BCUT2D eigenvalue weighted by Gasteiger charge is 2.17. The van der Waals surface area contributed by atoms with Crippen LogP contribution in [0.4, 0.5) is 4.39 Å². The van der Waals surface area contributed by atoms with E-state index in [1.807, 2.05) is 13.0 Å². The number of pyridine rings is 1. The third-order valence-corrected chi connectivity index (χ3v) is 3.32. The van der Waals surface area contributed by atoms with E-state index < -0.39 is 0 Å². The van der Waals surface area contributed by atoms with Crippen LogP contribution >= 0.6 is 0 Å². The van der Waals surface area contributed by atoms with Gasteiger partial charge < -0.3 is 10.1 Å². The van der Waals surface area contributed by atoms with Gasteiger partial charge in [0.05, 0.1) is 12.4 Å². The second kappa shape index (κ2) is 7.86. The Labute approximate surface area is 119 Å². The topological polar surface area (TPSA) is 34.1 Å². The molecule has 0 saturated carbocycles. The molecule has 2 rings (SSSR count). The molecule has 2 heterocycles. The number of rotatable bonds is 6. The van der Waals surface area contributed by atoms with Crippen LogP contribution < -0.4 is 10.1 Å². The van der Waals surface area contributed by atoms with E-state index in [9.17, 15) is 4.39 Å². The Bertz CT molecular complexity index is 489. The van der Waals surface area contributed by atoms with Crippen LogP contribution in [-0.4, -0.2) is 30.9 Å². The molecule has 0 bridgehead atoms. The lowest BCUT2D eigenvalue weighted by atomic mass is 10.1. The lowest BCUT2D eigenvalue weighted by Crippen LogP contribution is -2.46. The number of alkyl halides is 1. The second-order valence-corrected chi connectivity index (χ2v) is 5.01. The van der Waals surface area contributed by atoms with E-state index in [-0.39, 0.29) is 6.67 Å². The summed E-state index contributed by atoms with van der Waals surface area (Å²) >= 11 is 0. The Morgan fingerprint density at radius 1 is 1.50 bits per heavy atom. The molecule has 1 fully saturated rings. The summed E-state index contributed by atoms with van der Waals surface area (Å²) in [5.41, 5.74) is 1.74. The highest BCUT2D eigenvalue weighted by atomic mass is 19.1. The van der Waals surface area contributed by atoms with E-state index in [1.54, 1.807) is 6.20 Å². The maximum absolute atomic E-state index is 11.9. The van der Waals surface area contributed by atoms with Crippen molar-refractivity contribution in [2.75, 3.05) is 19.8 Å². The van der Waals surface area contributed by atoms with Gasteiger partial charge in [-0.25, -0.2) is 0 Å². The Hall–Kier alpha value is -1.60. The van der Waals surface area contributed by atoms with Crippen molar-refractivity contribution in [2.45, 2.75) is 38.6 Å². The molecular weight excluding hydrogens is 255 g/mol. The molecule has 1 aromatic heterocycles. The van der Waals surface area contributed by atoms with Crippen LogP contribution in [0.25, 0.3) is 0 Å². The number of halogens is 1. The molecule has 4 heteroatoms. The van der Waals surface area contributed by atoms with Crippen molar-refractivity contribution in [3.05, 3.63) is 23.5 Å². The van der Waals surface area contributed by atoms with Crippen molar-refractivity contribution in [1.29, 1.82) is 0 Å². The maximum Gasteiger partial charge on any atom is 0.141 e. The smallest absolute Gasteiger partial charge is 0.141 e. The minimum Gasteiger partial charge on any atom is -0.490 e. The average Bonchev–Trinajstić information content (AvgIpc) is 2.40. The number of nitrogens with one attached hydrogen (secondary N) is 1. The van der Waals surface area contributed by atoms with Crippen LogP contribution in [0.2, 0.25) is 0 Å². The molecule has 1 N–H and O–H groups in total. The summed E-state index contributed by atoms with van der Waals surface area (Å²) in [4.78, 5) is 4.31. The Kier molecular flexibility index (Phi) is 5.82. The van der Waals surface area contributed by atoms with Crippen LogP contribution in [0.5, 0.6) is 5.75 Å². The predicted molar refractivity (Wildman–Crippen MR) is 77.6 cm³/mol. The highest BCUT2D eigenvalue weighted by molar-refractivity contribution is 5.40. The Balaban J connectivity index is 1.89. The second-order valence-electron chi connectivity index (χ2n) is 5.01. The van der Waals surface area contributed by atoms with Crippen molar-refractivity contribution >= 4 is 0 Å². The fourth-order valence-electron chi connectivity index (χ4n) is 1.88. The Morgan fingerprint density at radius 3 is 3.05 bits per heavy atom. The first-order valence-electron chi connectivity index (χ1n) is 7.17. The molecule has 0 amide bonds. The zero-order valence-electron chi connectivity index (χ0n) is 11.9. The van der Waals surface area contributed by atoms with Gasteiger partial charge in [-0.1, -0.05) is 11.8 Å². The van der Waals surface area contributed by atoms with Crippen LogP contribution in [0.3, 0.4) is 0 Å². The lowest BCUT2D eigenvalue weighted by molar-refractivity contribution is 0.216. The van der Waals surface area contributed by atoms with Crippen molar-refractivity contribution in [2.24, 2.45) is 0 Å². The summed E-state index contributed by atoms with van der Waals surface area (Å²) in [5, 5.41) is 3.30. The molecule has 20 heavy (non-hydrogen) atoms. The van der Waals surface area contributed by atoms with Crippen LogP contribution in [0.1, 0.15) is 36.9 Å². The van der Waals surface area contributed by atoms with E-state index >= 15 is 0 Å². The lowest BCUT2D eigenvalue weighted by Gasteiger charge is -2.27. The van der Waals surface area contributed by atoms with E-state index in [1.165, 1.54) is 6.42 Å². The van der Waals surface area contributed by atoms with Crippen LogP contribution in [0.15, 0.2) is 12.3 Å². The van der Waals surface area contributed by atoms with Crippen molar-refractivity contribution in [1.82, 2.24) is 10.3 Å². The molecule has 1 aliphatic rings. The molecular formula is C16H21FN2O. The zero-order chi connectivity index (χ0) is 14.2. The van der Waals surface area contributed by atoms with E-state index in [0.717, 1.165) is 36.4 Å². The molecule has 1 aromatic rings. The number of aromatic nitrogens is 1. The number of ether oxygens (including phenoxy) is 1. The molecule has 0 unspecified atom stereocenters. The summed E-state index contributed by atoms with van der Waals surface area (Å²) in [6.07, 6.45) is 5.04. The van der Waals surface area contributed by atoms with Gasteiger partial charge in [0.1, 0.15) is 12.4 Å². The predicted octanol–water partition coefficient (Wildman–Crippen LogP) is 2.62. The van der Waals surface area contributed by atoms with Gasteiger partial charge in [-0.3, -0.25) is 9.37 Å². The van der Waals surface area contributed by atoms with Gasteiger partial charge in [-0.15, -0.1) is 0 Å². The van der Waals surface area contributed by atoms with Gasteiger partial charge in [0.25, 0.3) is 0 Å². The number of hydrogen-bond donors (Lipinski definition) is 1. The summed E-state index contributed by atoms with van der Waals surface area (Å²) in [5.74, 6) is 6.90. The van der Waals surface area contributed by atoms with E-state index in [4.69, 9.17) is 4.74 Å². The first-order chi connectivity index (χ1) is 9.79. The molecule has 1 atom stereocenters. The summed E-state index contributed by atoms with van der Waals surface area (Å²) in [7, 11) is 0. The first kappa shape index (κ1) is 14.8. The van der Waals surface area contributed by atoms with Gasteiger partial charge in [0, 0.05) is 24.2 Å². The number of aryl methyl sites for hydroxylation is 1. The Morgan fingerprint density at radius 2 is 2.35 bits per heavy atom. The van der Waals surface area contributed by atoms with Crippen molar-refractivity contribution < 1.29 is 9.13 Å². The number of unbranched alkanes of at least 4 members (excludes halogenated alkanes) is 2. The summed E-state index contributed by atoms with van der Waals surface area (Å²) in [6, 6.07) is 2.40. The molecule has 3 nitrogen and oxygen atoms in total. The van der Waals surface area contributed by atoms with Gasteiger partial charge in [0.15, 0.2) is 0 Å². The largest absolute Gasteiger partial charge is 0.490 e. The average molecular weight is 276 g/mol. The fourth-order valence-corrected chi connectivity index (χ4v) is 1.88. The third kappa shape index (κ3) is 4.50. The number of nitrogens with zero attached hydrogens (tertiary/aromatic N) is 1. The summed E-state index contributed by atoms with van der Waals surface area (Å²) in [6.45, 7) is 3.43. The highest BCUT2D eigenvalue weighted by Crippen LogP contribution is 2.17. The van der Waals surface area contributed by atoms with Crippen LogP contribution in [-0.2, 0) is 0 Å². The number of hydrogen-bond acceptors (Lipinski definition) is 3. The molecule has 0 radical (unpaired) electrons. The van der Waals surface area contributed by atoms with E-state index in [2.05, 4.69) is 22.1 Å². The molecule has 0 aromatic carbocycles. The molecule has 1 saturated heterocycles. The van der Waals surface area contributed by atoms with Gasteiger partial charge in [0.2, 0.25) is 0 Å². The quantitative estimate of drug-likeness (QED) is 0.640. The van der Waals surface area contributed by atoms with Crippen LogP contribution in [0, 0.1) is 18.8 Å². The monoisotopic (exact) mass is 276 g/mol.